The molecule has 0 amide bonds. The lowest BCUT2D eigenvalue weighted by molar-refractivity contribution is -0.145. The maximum absolute atomic E-state index is 12.8. The standard InChI is InChI=1S/C18H22ClN5O4S2/c1-4-24(5-2)30(26,27)12-6-7-15-13(10-12)20-16(23(15)3)8-9-17(25)28-11-14-18(19)29-22-21-14/h6-7,10H,4-5,8-9,11H2,1-3H3. The molecule has 3 aromatic rings. The molecule has 30 heavy (non-hydrogen) atoms. The van der Waals surface area contributed by atoms with Gasteiger partial charge in [0.25, 0.3) is 0 Å². The Kier molecular flexibility index (Phi) is 7.06. The normalized spacial score (nSPS) is 12.0. The Morgan fingerprint density at radius 3 is 2.67 bits per heavy atom. The Hall–Kier alpha value is -2.08. The van der Waals surface area contributed by atoms with Gasteiger partial charge in [0.2, 0.25) is 10.0 Å². The monoisotopic (exact) mass is 471 g/mol. The second-order valence-corrected chi connectivity index (χ2v) is 9.78. The number of fused-ring (bicyclic) bond motifs is 1. The van der Waals surface area contributed by atoms with Gasteiger partial charge in [0.05, 0.1) is 22.3 Å². The first-order valence-electron chi connectivity index (χ1n) is 9.35. The summed E-state index contributed by atoms with van der Waals surface area (Å²) < 4.78 is 38.0. The number of aryl methyl sites for hydroxylation is 2. The van der Waals surface area contributed by atoms with E-state index in [4.69, 9.17) is 16.3 Å². The van der Waals surface area contributed by atoms with Crippen molar-refractivity contribution < 1.29 is 17.9 Å². The van der Waals surface area contributed by atoms with E-state index >= 15 is 0 Å². The van der Waals surface area contributed by atoms with E-state index in [9.17, 15) is 13.2 Å². The van der Waals surface area contributed by atoms with Gasteiger partial charge in [0.1, 0.15) is 22.5 Å². The molecule has 0 N–H and O–H groups in total. The minimum Gasteiger partial charge on any atom is -0.459 e. The van der Waals surface area contributed by atoms with Gasteiger partial charge in [-0.05, 0) is 18.2 Å². The predicted octanol–water partition coefficient (Wildman–Crippen LogP) is 2.78. The van der Waals surface area contributed by atoms with Crippen LogP contribution in [0.2, 0.25) is 4.34 Å². The number of rotatable bonds is 9. The van der Waals surface area contributed by atoms with E-state index in [1.54, 1.807) is 32.0 Å². The molecule has 0 radical (unpaired) electrons. The molecule has 2 aromatic heterocycles. The van der Waals surface area contributed by atoms with Gasteiger partial charge in [-0.25, -0.2) is 13.4 Å². The van der Waals surface area contributed by atoms with Crippen molar-refractivity contribution in [1.29, 1.82) is 0 Å². The highest BCUT2D eigenvalue weighted by molar-refractivity contribution is 7.89. The summed E-state index contributed by atoms with van der Waals surface area (Å²) in [4.78, 5) is 16.8. The summed E-state index contributed by atoms with van der Waals surface area (Å²) in [7, 11) is -1.74. The molecule has 0 aliphatic rings. The molecule has 0 unspecified atom stereocenters. The predicted molar refractivity (Wildman–Crippen MR) is 114 cm³/mol. The molecule has 0 fully saturated rings. The van der Waals surface area contributed by atoms with Crippen LogP contribution in [0.1, 0.15) is 31.8 Å². The zero-order valence-electron chi connectivity index (χ0n) is 16.8. The lowest BCUT2D eigenvalue weighted by atomic mass is 10.3. The number of aromatic nitrogens is 4. The smallest absolute Gasteiger partial charge is 0.306 e. The van der Waals surface area contributed by atoms with E-state index in [1.165, 1.54) is 4.31 Å². The van der Waals surface area contributed by atoms with E-state index in [0.29, 0.717) is 40.9 Å². The zero-order chi connectivity index (χ0) is 21.9. The van der Waals surface area contributed by atoms with Crippen LogP contribution in [-0.4, -0.2) is 50.9 Å². The van der Waals surface area contributed by atoms with Crippen LogP contribution in [0.15, 0.2) is 23.1 Å². The summed E-state index contributed by atoms with van der Waals surface area (Å²) >= 11 is 6.92. The van der Waals surface area contributed by atoms with Gasteiger partial charge in [-0.1, -0.05) is 29.9 Å². The number of hydrogen-bond acceptors (Lipinski definition) is 8. The number of nitrogens with zero attached hydrogens (tertiary/aromatic N) is 5. The molecule has 0 aliphatic carbocycles. The van der Waals surface area contributed by atoms with Crippen molar-refractivity contribution in [2.75, 3.05) is 13.1 Å². The van der Waals surface area contributed by atoms with Gasteiger partial charge in [-0.2, -0.15) is 4.31 Å². The number of carbonyl (C=O) groups is 1. The summed E-state index contributed by atoms with van der Waals surface area (Å²) in [5.41, 5.74) is 1.78. The molecular formula is C18H22ClN5O4S2. The average molecular weight is 472 g/mol. The Morgan fingerprint density at radius 1 is 1.30 bits per heavy atom. The molecule has 0 spiro atoms. The summed E-state index contributed by atoms with van der Waals surface area (Å²) in [5, 5.41) is 3.79. The molecule has 9 nitrogen and oxygen atoms in total. The number of halogens is 1. The molecular weight excluding hydrogens is 450 g/mol. The highest BCUT2D eigenvalue weighted by atomic mass is 35.5. The molecule has 162 valence electrons. The van der Waals surface area contributed by atoms with Crippen molar-refractivity contribution in [3.05, 3.63) is 34.1 Å². The van der Waals surface area contributed by atoms with Gasteiger partial charge < -0.3 is 9.30 Å². The van der Waals surface area contributed by atoms with E-state index in [1.807, 2.05) is 11.6 Å². The van der Waals surface area contributed by atoms with Crippen molar-refractivity contribution in [2.24, 2.45) is 7.05 Å². The average Bonchev–Trinajstić information content (AvgIpc) is 3.27. The molecule has 0 atom stereocenters. The summed E-state index contributed by atoms with van der Waals surface area (Å²) in [6, 6.07) is 4.89. The quantitative estimate of drug-likeness (QED) is 0.441. The van der Waals surface area contributed by atoms with Crippen LogP contribution in [0, 0.1) is 0 Å². The lowest BCUT2D eigenvalue weighted by Crippen LogP contribution is -2.30. The van der Waals surface area contributed by atoms with Crippen LogP contribution >= 0.6 is 23.1 Å². The van der Waals surface area contributed by atoms with Gasteiger partial charge in [0.15, 0.2) is 0 Å². The molecule has 3 rings (SSSR count). The lowest BCUT2D eigenvalue weighted by Gasteiger charge is -2.18. The minimum absolute atomic E-state index is 0.0245. The largest absolute Gasteiger partial charge is 0.459 e. The van der Waals surface area contributed by atoms with Crippen LogP contribution < -0.4 is 0 Å². The molecule has 1 aromatic carbocycles. The van der Waals surface area contributed by atoms with Crippen molar-refractivity contribution in [1.82, 2.24) is 23.4 Å². The molecule has 0 saturated heterocycles. The highest BCUT2D eigenvalue weighted by Crippen LogP contribution is 2.23. The van der Waals surface area contributed by atoms with E-state index in [-0.39, 0.29) is 17.9 Å². The number of esters is 1. The van der Waals surface area contributed by atoms with Crippen molar-refractivity contribution in [2.45, 2.75) is 38.2 Å². The van der Waals surface area contributed by atoms with Gasteiger partial charge in [0, 0.05) is 38.1 Å². The summed E-state index contributed by atoms with van der Waals surface area (Å²) in [6.45, 7) is 4.37. The van der Waals surface area contributed by atoms with Gasteiger partial charge in [-0.3, -0.25) is 4.79 Å². The molecule has 0 saturated carbocycles. The van der Waals surface area contributed by atoms with Crippen LogP contribution in [0.3, 0.4) is 0 Å². The minimum atomic E-state index is -3.57. The van der Waals surface area contributed by atoms with E-state index in [2.05, 4.69) is 14.6 Å². The van der Waals surface area contributed by atoms with Crippen molar-refractivity contribution in [3.63, 3.8) is 0 Å². The van der Waals surface area contributed by atoms with Crippen molar-refractivity contribution in [3.8, 4) is 0 Å². The summed E-state index contributed by atoms with van der Waals surface area (Å²) in [6.07, 6.45) is 0.474. The Morgan fingerprint density at radius 2 is 2.03 bits per heavy atom. The second kappa shape index (κ2) is 9.38. The van der Waals surface area contributed by atoms with Crippen LogP contribution in [0.5, 0.6) is 0 Å². The van der Waals surface area contributed by atoms with Crippen LogP contribution in [-0.2, 0) is 39.6 Å². The first-order valence-corrected chi connectivity index (χ1v) is 11.9. The first-order chi connectivity index (χ1) is 14.3. The highest BCUT2D eigenvalue weighted by Gasteiger charge is 2.23. The fourth-order valence-corrected chi connectivity index (χ4v) is 5.12. The molecule has 0 aliphatic heterocycles. The molecule has 12 heteroatoms. The van der Waals surface area contributed by atoms with Crippen molar-refractivity contribution >= 4 is 50.2 Å². The van der Waals surface area contributed by atoms with E-state index in [0.717, 1.165) is 17.0 Å². The first kappa shape index (κ1) is 22.6. The third kappa shape index (κ3) is 4.64. The van der Waals surface area contributed by atoms with Crippen LogP contribution in [0.4, 0.5) is 0 Å². The maximum Gasteiger partial charge on any atom is 0.306 e. The number of imidazole rings is 1. The fraction of sp³-hybridized carbons (Fsp3) is 0.444. The molecule has 2 heterocycles. The number of benzene rings is 1. The fourth-order valence-electron chi connectivity index (χ4n) is 3.04. The van der Waals surface area contributed by atoms with E-state index < -0.39 is 16.0 Å². The van der Waals surface area contributed by atoms with Gasteiger partial charge in [-0.15, -0.1) is 5.10 Å². The number of sulfonamides is 1. The summed E-state index contributed by atoms with van der Waals surface area (Å²) in [5.74, 6) is 0.253. The SMILES string of the molecule is CCN(CC)S(=O)(=O)c1ccc2c(c1)nc(CCC(=O)OCc1nnsc1Cl)n2C. The number of carbonyl (C=O) groups excluding carboxylic acids is 1. The third-order valence-electron chi connectivity index (χ3n) is 4.72. The second-order valence-electron chi connectivity index (χ2n) is 6.48. The third-order valence-corrected chi connectivity index (χ3v) is 7.75. The van der Waals surface area contributed by atoms with Gasteiger partial charge >= 0.3 is 5.97 Å². The number of hydrogen-bond donors (Lipinski definition) is 0. The maximum atomic E-state index is 12.8. The topological polar surface area (TPSA) is 107 Å². The Labute approximate surface area is 183 Å². The zero-order valence-corrected chi connectivity index (χ0v) is 19.2. The molecule has 0 bridgehead atoms. The Bertz CT molecular complexity index is 1150. The number of ether oxygens (including phenoxy) is 1. The Balaban J connectivity index is 1.72. The van der Waals surface area contributed by atoms with Crippen LogP contribution in [0.25, 0.3) is 11.0 Å².